The van der Waals surface area contributed by atoms with Gasteiger partial charge >= 0.3 is 5.97 Å². The lowest BCUT2D eigenvalue weighted by Crippen LogP contribution is -2.52. The van der Waals surface area contributed by atoms with E-state index in [1.165, 1.54) is 7.11 Å². The predicted octanol–water partition coefficient (Wildman–Crippen LogP) is 0.0891. The fraction of sp³-hybridized carbons (Fsp3) is 0.875. The molecule has 0 unspecified atom stereocenters. The number of carbonyl (C=O) groups is 1. The van der Waals surface area contributed by atoms with Gasteiger partial charge in [0.05, 0.1) is 24.7 Å². The minimum Gasteiger partial charge on any atom is -0.469 e. The van der Waals surface area contributed by atoms with Gasteiger partial charge in [-0.25, -0.2) is 0 Å². The van der Waals surface area contributed by atoms with Crippen LogP contribution in [0.25, 0.3) is 0 Å². The van der Waals surface area contributed by atoms with Crippen molar-refractivity contribution < 1.29 is 14.3 Å². The summed E-state index contributed by atoms with van der Waals surface area (Å²) < 4.78 is 10.2. The number of ether oxygens (including phenoxy) is 2. The lowest BCUT2D eigenvalue weighted by molar-refractivity contribution is -0.157. The number of hydrogen-bond acceptors (Lipinski definition) is 4. The summed E-state index contributed by atoms with van der Waals surface area (Å²) in [6.07, 6.45) is 1.48. The van der Waals surface area contributed by atoms with Gasteiger partial charge in [-0.15, -0.1) is 12.4 Å². The Kier molecular flexibility index (Phi) is 2.58. The molecule has 2 aliphatic heterocycles. The van der Waals surface area contributed by atoms with Crippen molar-refractivity contribution in [3.05, 3.63) is 0 Å². The summed E-state index contributed by atoms with van der Waals surface area (Å²) in [6, 6.07) is 0. The van der Waals surface area contributed by atoms with Crippen LogP contribution < -0.4 is 5.73 Å². The first-order valence-electron chi connectivity index (χ1n) is 4.09. The van der Waals surface area contributed by atoms with Gasteiger partial charge in [-0.05, 0) is 12.8 Å². The fourth-order valence-corrected chi connectivity index (χ4v) is 2.30. The Morgan fingerprint density at radius 3 is 2.62 bits per heavy atom. The van der Waals surface area contributed by atoms with Crippen LogP contribution in [0.5, 0.6) is 0 Å². The first-order valence-corrected chi connectivity index (χ1v) is 4.09. The van der Waals surface area contributed by atoms with Gasteiger partial charge in [0.15, 0.2) is 0 Å². The van der Waals surface area contributed by atoms with E-state index in [0.29, 0.717) is 13.2 Å². The molecule has 2 bridgehead atoms. The predicted molar refractivity (Wildman–Crippen MR) is 48.7 cm³/mol. The van der Waals surface area contributed by atoms with Crippen molar-refractivity contribution in [2.24, 2.45) is 11.1 Å². The first-order chi connectivity index (χ1) is 5.66. The van der Waals surface area contributed by atoms with Crippen molar-refractivity contribution in [2.45, 2.75) is 18.4 Å². The number of rotatable bonds is 2. The van der Waals surface area contributed by atoms with E-state index < -0.39 is 0 Å². The second kappa shape index (κ2) is 3.12. The smallest absolute Gasteiger partial charge is 0.314 e. The highest BCUT2D eigenvalue weighted by atomic mass is 35.5. The number of nitrogens with two attached hydrogens (primary N) is 1. The Bertz CT molecular complexity index is 225. The Morgan fingerprint density at radius 2 is 2.23 bits per heavy atom. The average molecular weight is 208 g/mol. The highest BCUT2D eigenvalue weighted by molar-refractivity contribution is 5.85. The zero-order valence-corrected chi connectivity index (χ0v) is 8.36. The maximum Gasteiger partial charge on any atom is 0.314 e. The van der Waals surface area contributed by atoms with Crippen molar-refractivity contribution in [3.8, 4) is 0 Å². The van der Waals surface area contributed by atoms with Crippen molar-refractivity contribution >= 4 is 18.4 Å². The Hall–Kier alpha value is -0.320. The van der Waals surface area contributed by atoms with Crippen molar-refractivity contribution in [1.82, 2.24) is 0 Å². The molecule has 2 heterocycles. The maximum absolute atomic E-state index is 11.3. The molecule has 0 amide bonds. The molecule has 3 rings (SSSR count). The van der Waals surface area contributed by atoms with Crippen LogP contribution in [0, 0.1) is 5.41 Å². The lowest BCUT2D eigenvalue weighted by atomic mass is 9.62. The molecule has 0 aromatic heterocycles. The molecule has 5 heteroatoms. The Balaban J connectivity index is 0.000000845. The van der Waals surface area contributed by atoms with Crippen LogP contribution in [0.3, 0.4) is 0 Å². The minimum absolute atomic E-state index is 0. The van der Waals surface area contributed by atoms with Crippen molar-refractivity contribution in [1.29, 1.82) is 0 Å². The van der Waals surface area contributed by atoms with Gasteiger partial charge in [0, 0.05) is 6.54 Å². The lowest BCUT2D eigenvalue weighted by Gasteiger charge is -2.41. The number of esters is 1. The molecule has 0 spiro atoms. The second-order valence-electron chi connectivity index (χ2n) is 3.80. The van der Waals surface area contributed by atoms with Crippen LogP contribution in [0.1, 0.15) is 12.8 Å². The molecule has 0 aromatic rings. The number of methoxy groups -OCH3 is 1. The molecule has 1 saturated carbocycles. The monoisotopic (exact) mass is 207 g/mol. The summed E-state index contributed by atoms with van der Waals surface area (Å²) in [6.45, 7) is 0.989. The average Bonchev–Trinajstić information content (AvgIpc) is 2.57. The zero-order chi connectivity index (χ0) is 8.82. The van der Waals surface area contributed by atoms with E-state index in [0.717, 1.165) is 12.8 Å². The summed E-state index contributed by atoms with van der Waals surface area (Å²) >= 11 is 0. The summed E-state index contributed by atoms with van der Waals surface area (Å²) in [5.74, 6) is -0.149. The minimum atomic E-state index is -0.353. The third-order valence-electron chi connectivity index (χ3n) is 2.97. The molecule has 13 heavy (non-hydrogen) atoms. The van der Waals surface area contributed by atoms with E-state index in [2.05, 4.69) is 0 Å². The van der Waals surface area contributed by atoms with E-state index in [1.807, 2.05) is 0 Å². The summed E-state index contributed by atoms with van der Waals surface area (Å²) in [5, 5.41) is 0. The fourth-order valence-electron chi connectivity index (χ4n) is 2.30. The van der Waals surface area contributed by atoms with E-state index in [-0.39, 0.29) is 29.4 Å². The van der Waals surface area contributed by atoms with Crippen LogP contribution in [0.2, 0.25) is 0 Å². The number of halogens is 1. The van der Waals surface area contributed by atoms with Crippen LogP contribution in [-0.4, -0.2) is 31.8 Å². The van der Waals surface area contributed by atoms with E-state index in [1.54, 1.807) is 0 Å². The summed E-state index contributed by atoms with van der Waals surface area (Å²) in [7, 11) is 1.41. The van der Waals surface area contributed by atoms with Crippen molar-refractivity contribution in [2.75, 3.05) is 20.3 Å². The van der Waals surface area contributed by atoms with Crippen LogP contribution in [0.4, 0.5) is 0 Å². The first kappa shape index (κ1) is 10.8. The van der Waals surface area contributed by atoms with Gasteiger partial charge in [-0.2, -0.15) is 0 Å². The standard InChI is InChI=1S/C8H13NO3.ClH/c1-11-6(10)7-2-8(3-7,4-9)12-5-7;/h2-5,9H2,1H3;1H. The third kappa shape index (κ3) is 1.24. The molecule has 0 radical (unpaired) electrons. The largest absolute Gasteiger partial charge is 0.469 e. The quantitative estimate of drug-likeness (QED) is 0.652. The molecule has 76 valence electrons. The van der Waals surface area contributed by atoms with Gasteiger partial charge in [0.25, 0.3) is 0 Å². The Labute approximate surface area is 83.2 Å². The number of hydrogen-bond donors (Lipinski definition) is 1. The van der Waals surface area contributed by atoms with E-state index in [9.17, 15) is 4.79 Å². The van der Waals surface area contributed by atoms with Gasteiger partial charge in [-0.1, -0.05) is 0 Å². The molecule has 0 aromatic carbocycles. The Morgan fingerprint density at radius 1 is 1.62 bits per heavy atom. The molecule has 4 nitrogen and oxygen atoms in total. The number of carbonyl (C=O) groups excluding carboxylic acids is 1. The van der Waals surface area contributed by atoms with Crippen LogP contribution in [-0.2, 0) is 14.3 Å². The molecule has 2 N–H and O–H groups in total. The highest BCUT2D eigenvalue weighted by Crippen LogP contribution is 2.57. The van der Waals surface area contributed by atoms with E-state index in [4.69, 9.17) is 15.2 Å². The maximum atomic E-state index is 11.3. The summed E-state index contributed by atoms with van der Waals surface area (Å²) in [5.41, 5.74) is 4.98. The molecule has 3 fully saturated rings. The molecule has 1 aliphatic carbocycles. The summed E-state index contributed by atoms with van der Waals surface area (Å²) in [4.78, 5) is 11.3. The van der Waals surface area contributed by atoms with Gasteiger partial charge in [0.2, 0.25) is 0 Å². The van der Waals surface area contributed by atoms with Gasteiger partial charge in [0.1, 0.15) is 0 Å². The zero-order valence-electron chi connectivity index (χ0n) is 7.54. The van der Waals surface area contributed by atoms with Crippen molar-refractivity contribution in [3.63, 3.8) is 0 Å². The molecule has 3 aliphatic rings. The topological polar surface area (TPSA) is 61.5 Å². The van der Waals surface area contributed by atoms with Gasteiger partial charge in [-0.3, -0.25) is 4.79 Å². The molecular formula is C8H14ClNO3. The highest BCUT2D eigenvalue weighted by Gasteiger charge is 2.66. The van der Waals surface area contributed by atoms with Crippen LogP contribution >= 0.6 is 12.4 Å². The van der Waals surface area contributed by atoms with Crippen LogP contribution in [0.15, 0.2) is 0 Å². The SMILES string of the molecule is COC(=O)C12COC(CN)(C1)C2.Cl. The third-order valence-corrected chi connectivity index (χ3v) is 2.97. The number of fused-ring (bicyclic) bond motifs is 1. The second-order valence-corrected chi connectivity index (χ2v) is 3.80. The molecule has 0 atom stereocenters. The molecular weight excluding hydrogens is 194 g/mol. The normalized spacial score (nSPS) is 40.5. The molecule has 2 saturated heterocycles. The van der Waals surface area contributed by atoms with Gasteiger partial charge < -0.3 is 15.2 Å². The van der Waals surface area contributed by atoms with E-state index >= 15 is 0 Å².